The minimum atomic E-state index is 0.758. The van der Waals surface area contributed by atoms with E-state index in [1.807, 2.05) is 26.1 Å². The fourth-order valence-electron chi connectivity index (χ4n) is 1.04. The Kier molecular flexibility index (Phi) is 1.81. The lowest BCUT2D eigenvalue weighted by atomic mass is 10.3. The molecule has 0 radical (unpaired) electrons. The van der Waals surface area contributed by atoms with Gasteiger partial charge in [-0.15, -0.1) is 0 Å². The van der Waals surface area contributed by atoms with E-state index in [-0.39, 0.29) is 0 Å². The van der Waals surface area contributed by atoms with E-state index >= 15 is 0 Å². The molecule has 2 aromatic heterocycles. The molecule has 0 fully saturated rings. The summed E-state index contributed by atoms with van der Waals surface area (Å²) in [5.74, 6) is 0.758. The van der Waals surface area contributed by atoms with Crippen molar-refractivity contribution >= 4 is 0 Å². The summed E-state index contributed by atoms with van der Waals surface area (Å²) in [6.07, 6.45) is 5.28. The Morgan fingerprint density at radius 1 is 1.23 bits per heavy atom. The summed E-state index contributed by atoms with van der Waals surface area (Å²) in [5.41, 5.74) is 1.89. The van der Waals surface area contributed by atoms with Crippen molar-refractivity contribution in [2.75, 3.05) is 0 Å². The maximum atomic E-state index is 4.35. The maximum Gasteiger partial charge on any atom is 0.172 e. The zero-order valence-electron chi connectivity index (χ0n) is 7.60. The molecule has 66 valence electrons. The molecule has 2 aromatic rings. The Morgan fingerprint density at radius 3 is 2.69 bits per heavy atom. The molecule has 0 bridgehead atoms. The third kappa shape index (κ3) is 1.42. The van der Waals surface area contributed by atoms with Gasteiger partial charge in [0.25, 0.3) is 0 Å². The van der Waals surface area contributed by atoms with Crippen LogP contribution in [0, 0.1) is 13.8 Å². The van der Waals surface area contributed by atoms with Gasteiger partial charge < -0.3 is 0 Å². The zero-order valence-corrected chi connectivity index (χ0v) is 7.60. The maximum absolute atomic E-state index is 4.35. The highest BCUT2D eigenvalue weighted by atomic mass is 15.3. The van der Waals surface area contributed by atoms with E-state index in [1.54, 1.807) is 17.1 Å². The molecular weight excluding hydrogens is 164 g/mol. The van der Waals surface area contributed by atoms with Gasteiger partial charge in [0.2, 0.25) is 0 Å². The summed E-state index contributed by atoms with van der Waals surface area (Å²) in [7, 11) is 0. The van der Waals surface area contributed by atoms with Gasteiger partial charge in [-0.2, -0.15) is 5.10 Å². The Hall–Kier alpha value is -1.71. The van der Waals surface area contributed by atoms with Gasteiger partial charge in [0.1, 0.15) is 0 Å². The number of hydrogen-bond donors (Lipinski definition) is 0. The van der Waals surface area contributed by atoms with Crippen LogP contribution in [-0.4, -0.2) is 19.7 Å². The lowest BCUT2D eigenvalue weighted by molar-refractivity contribution is 0.824. The predicted molar refractivity (Wildman–Crippen MR) is 48.6 cm³/mol. The van der Waals surface area contributed by atoms with Crippen molar-refractivity contribution in [2.45, 2.75) is 13.8 Å². The lowest BCUT2D eigenvalue weighted by Gasteiger charge is -2.02. The third-order valence-electron chi connectivity index (χ3n) is 1.92. The predicted octanol–water partition coefficient (Wildman–Crippen LogP) is 1.28. The first kappa shape index (κ1) is 7.91. The Balaban J connectivity index is 2.49. The molecule has 0 spiro atoms. The summed E-state index contributed by atoms with van der Waals surface area (Å²) in [5, 5.41) is 4.07. The highest BCUT2D eigenvalue weighted by Crippen LogP contribution is 2.04. The lowest BCUT2D eigenvalue weighted by Crippen LogP contribution is -2.01. The van der Waals surface area contributed by atoms with E-state index in [9.17, 15) is 0 Å². The van der Waals surface area contributed by atoms with Crippen molar-refractivity contribution in [1.82, 2.24) is 19.7 Å². The average Bonchev–Trinajstić information content (AvgIpc) is 2.62. The molecular formula is C9H10N4. The number of aromatic nitrogens is 4. The molecule has 0 aliphatic carbocycles. The standard InChI is InChI=1S/C9H10N4/c1-7-8(2)12-9(6-10-7)13-5-3-4-11-13/h3-6H,1-2H3. The summed E-state index contributed by atoms with van der Waals surface area (Å²) >= 11 is 0. The topological polar surface area (TPSA) is 43.6 Å². The Bertz CT molecular complexity index is 406. The van der Waals surface area contributed by atoms with Crippen LogP contribution < -0.4 is 0 Å². The minimum absolute atomic E-state index is 0.758. The van der Waals surface area contributed by atoms with Gasteiger partial charge in [0, 0.05) is 12.4 Å². The molecule has 0 aromatic carbocycles. The average molecular weight is 174 g/mol. The molecule has 4 heteroatoms. The van der Waals surface area contributed by atoms with Crippen LogP contribution in [-0.2, 0) is 0 Å². The van der Waals surface area contributed by atoms with E-state index in [0.29, 0.717) is 0 Å². The van der Waals surface area contributed by atoms with E-state index in [1.165, 1.54) is 0 Å². The monoisotopic (exact) mass is 174 g/mol. The van der Waals surface area contributed by atoms with Gasteiger partial charge in [0.05, 0.1) is 17.6 Å². The van der Waals surface area contributed by atoms with Crippen LogP contribution in [0.1, 0.15) is 11.4 Å². The van der Waals surface area contributed by atoms with Crippen molar-refractivity contribution in [3.8, 4) is 5.82 Å². The quantitative estimate of drug-likeness (QED) is 0.654. The van der Waals surface area contributed by atoms with E-state index < -0.39 is 0 Å². The molecule has 0 aliphatic rings. The van der Waals surface area contributed by atoms with E-state index in [0.717, 1.165) is 17.2 Å². The molecule has 0 unspecified atom stereocenters. The fraction of sp³-hybridized carbons (Fsp3) is 0.222. The SMILES string of the molecule is Cc1ncc(-n2cccn2)nc1C. The van der Waals surface area contributed by atoms with Crippen LogP contribution >= 0.6 is 0 Å². The molecule has 0 saturated heterocycles. The first-order valence-corrected chi connectivity index (χ1v) is 4.07. The van der Waals surface area contributed by atoms with Crippen LogP contribution in [0.2, 0.25) is 0 Å². The normalized spacial score (nSPS) is 10.3. The van der Waals surface area contributed by atoms with Gasteiger partial charge in [-0.25, -0.2) is 9.67 Å². The first-order valence-electron chi connectivity index (χ1n) is 4.07. The van der Waals surface area contributed by atoms with Crippen molar-refractivity contribution < 1.29 is 0 Å². The van der Waals surface area contributed by atoms with Crippen LogP contribution in [0.25, 0.3) is 5.82 Å². The van der Waals surface area contributed by atoms with Crippen LogP contribution in [0.3, 0.4) is 0 Å². The first-order chi connectivity index (χ1) is 6.27. The molecule has 0 saturated carbocycles. The third-order valence-corrected chi connectivity index (χ3v) is 1.92. The summed E-state index contributed by atoms with van der Waals surface area (Å²) in [6.45, 7) is 3.88. The summed E-state index contributed by atoms with van der Waals surface area (Å²) in [6, 6.07) is 1.86. The number of nitrogens with zero attached hydrogens (tertiary/aromatic N) is 4. The smallest absolute Gasteiger partial charge is 0.172 e. The van der Waals surface area contributed by atoms with Crippen molar-refractivity contribution in [3.63, 3.8) is 0 Å². The molecule has 0 aliphatic heterocycles. The molecule has 13 heavy (non-hydrogen) atoms. The number of rotatable bonds is 1. The molecule has 4 nitrogen and oxygen atoms in total. The Morgan fingerprint density at radius 2 is 2.08 bits per heavy atom. The molecule has 0 N–H and O–H groups in total. The second-order valence-corrected chi connectivity index (χ2v) is 2.85. The number of aryl methyl sites for hydroxylation is 2. The second-order valence-electron chi connectivity index (χ2n) is 2.85. The van der Waals surface area contributed by atoms with Gasteiger partial charge in [-0.1, -0.05) is 0 Å². The minimum Gasteiger partial charge on any atom is -0.256 e. The highest BCUT2D eigenvalue weighted by Gasteiger charge is 2.00. The second kappa shape index (κ2) is 2.97. The van der Waals surface area contributed by atoms with E-state index in [4.69, 9.17) is 0 Å². The van der Waals surface area contributed by atoms with Crippen molar-refractivity contribution in [2.24, 2.45) is 0 Å². The molecule has 2 rings (SSSR count). The highest BCUT2D eigenvalue weighted by molar-refractivity contribution is 5.21. The van der Waals surface area contributed by atoms with Crippen LogP contribution in [0.5, 0.6) is 0 Å². The van der Waals surface area contributed by atoms with Crippen molar-refractivity contribution in [1.29, 1.82) is 0 Å². The number of hydrogen-bond acceptors (Lipinski definition) is 3. The van der Waals surface area contributed by atoms with Gasteiger partial charge in [0.15, 0.2) is 5.82 Å². The fourth-order valence-corrected chi connectivity index (χ4v) is 1.04. The van der Waals surface area contributed by atoms with Crippen molar-refractivity contribution in [3.05, 3.63) is 36.0 Å². The Labute approximate surface area is 76.3 Å². The summed E-state index contributed by atoms with van der Waals surface area (Å²) in [4.78, 5) is 8.56. The van der Waals surface area contributed by atoms with Gasteiger partial charge >= 0.3 is 0 Å². The van der Waals surface area contributed by atoms with Crippen LogP contribution in [0.15, 0.2) is 24.7 Å². The summed E-state index contributed by atoms with van der Waals surface area (Å²) < 4.78 is 1.69. The largest absolute Gasteiger partial charge is 0.256 e. The molecule has 0 amide bonds. The van der Waals surface area contributed by atoms with Gasteiger partial charge in [-0.3, -0.25) is 4.98 Å². The van der Waals surface area contributed by atoms with Crippen LogP contribution in [0.4, 0.5) is 0 Å². The van der Waals surface area contributed by atoms with E-state index in [2.05, 4.69) is 15.1 Å². The zero-order chi connectivity index (χ0) is 9.26. The molecule has 0 atom stereocenters. The molecule has 2 heterocycles. The van der Waals surface area contributed by atoms with Gasteiger partial charge in [-0.05, 0) is 19.9 Å².